The molecule has 34 heavy (non-hydrogen) atoms. The quantitative estimate of drug-likeness (QED) is 0.388. The van der Waals surface area contributed by atoms with Crippen molar-refractivity contribution in [3.05, 3.63) is 89.7 Å². The second-order valence-corrected chi connectivity index (χ2v) is 9.18. The van der Waals surface area contributed by atoms with E-state index in [2.05, 4.69) is 10.8 Å². The number of esters is 1. The Kier molecular flexibility index (Phi) is 6.61. The smallest absolute Gasteiger partial charge is 0.326 e. The van der Waals surface area contributed by atoms with Crippen molar-refractivity contribution >= 4 is 32.7 Å². The molecule has 4 aromatic rings. The number of nitriles is 1. The number of para-hydroxylation sites is 1. The molecule has 9 heteroatoms. The van der Waals surface area contributed by atoms with Gasteiger partial charge in [0.05, 0.1) is 34.3 Å². The lowest BCUT2D eigenvalue weighted by Gasteiger charge is -2.10. The summed E-state index contributed by atoms with van der Waals surface area (Å²) in [4.78, 5) is 17.2. The number of hydrogen-bond acceptors (Lipinski definition) is 6. The average molecular weight is 475 g/mol. The molecule has 1 heterocycles. The molecule has 172 valence electrons. The summed E-state index contributed by atoms with van der Waals surface area (Å²) in [7, 11) is -3.83. The summed E-state index contributed by atoms with van der Waals surface area (Å²) >= 11 is 0. The maximum atomic E-state index is 12.9. The first-order valence-corrected chi connectivity index (χ1v) is 12.1. The van der Waals surface area contributed by atoms with Crippen LogP contribution in [0.4, 0.5) is 5.69 Å². The molecule has 0 fully saturated rings. The third-order valence-corrected chi connectivity index (χ3v) is 6.58. The van der Waals surface area contributed by atoms with Gasteiger partial charge in [-0.3, -0.25) is 9.52 Å². The van der Waals surface area contributed by atoms with Crippen molar-refractivity contribution in [1.82, 2.24) is 9.55 Å². The molecule has 0 radical (unpaired) electrons. The molecule has 4 rings (SSSR count). The van der Waals surface area contributed by atoms with Gasteiger partial charge in [-0.1, -0.05) is 36.4 Å². The number of sulfonamides is 1. The fourth-order valence-electron chi connectivity index (χ4n) is 3.61. The second kappa shape index (κ2) is 9.77. The summed E-state index contributed by atoms with van der Waals surface area (Å²) in [5.41, 5.74) is 2.78. The lowest BCUT2D eigenvalue weighted by atomic mass is 10.1. The number of nitrogens with one attached hydrogen (secondary N) is 1. The first-order chi connectivity index (χ1) is 16.4. The highest BCUT2D eigenvalue weighted by atomic mass is 32.2. The van der Waals surface area contributed by atoms with Crippen molar-refractivity contribution in [3.8, 4) is 6.07 Å². The number of rotatable bonds is 8. The van der Waals surface area contributed by atoms with E-state index in [9.17, 15) is 13.2 Å². The van der Waals surface area contributed by atoms with Crippen molar-refractivity contribution in [3.63, 3.8) is 0 Å². The van der Waals surface area contributed by atoms with Crippen LogP contribution in [0, 0.1) is 11.3 Å². The van der Waals surface area contributed by atoms with E-state index < -0.39 is 16.0 Å². The van der Waals surface area contributed by atoms with Crippen LogP contribution < -0.4 is 4.72 Å². The molecule has 0 saturated heterocycles. The van der Waals surface area contributed by atoms with Crippen molar-refractivity contribution in [2.24, 2.45) is 0 Å². The molecule has 0 saturated carbocycles. The summed E-state index contributed by atoms with van der Waals surface area (Å²) in [5.74, 6) is 0.150. The van der Waals surface area contributed by atoms with Gasteiger partial charge >= 0.3 is 5.97 Å². The highest BCUT2D eigenvalue weighted by molar-refractivity contribution is 7.92. The minimum Gasteiger partial charge on any atom is -0.465 e. The summed E-state index contributed by atoms with van der Waals surface area (Å²) in [5, 5.41) is 9.04. The van der Waals surface area contributed by atoms with E-state index >= 15 is 0 Å². The Morgan fingerprint density at radius 1 is 1.06 bits per heavy atom. The van der Waals surface area contributed by atoms with Gasteiger partial charge in [-0.05, 0) is 48.9 Å². The first-order valence-electron chi connectivity index (χ1n) is 10.6. The summed E-state index contributed by atoms with van der Waals surface area (Å²) in [6.07, 6.45) is 0.380. The van der Waals surface area contributed by atoms with E-state index in [-0.39, 0.29) is 18.0 Å². The predicted molar refractivity (Wildman–Crippen MR) is 128 cm³/mol. The molecule has 0 atom stereocenters. The van der Waals surface area contributed by atoms with E-state index in [1.807, 2.05) is 12.1 Å². The molecule has 0 aliphatic rings. The Morgan fingerprint density at radius 2 is 1.79 bits per heavy atom. The van der Waals surface area contributed by atoms with Crippen molar-refractivity contribution in [1.29, 1.82) is 5.26 Å². The van der Waals surface area contributed by atoms with Gasteiger partial charge in [0.2, 0.25) is 0 Å². The Hall–Kier alpha value is -4.16. The van der Waals surface area contributed by atoms with Crippen LogP contribution in [0.3, 0.4) is 0 Å². The largest absolute Gasteiger partial charge is 0.465 e. The van der Waals surface area contributed by atoms with Crippen LogP contribution in [0.1, 0.15) is 23.9 Å². The highest BCUT2D eigenvalue weighted by Gasteiger charge is 2.20. The zero-order valence-electron chi connectivity index (χ0n) is 18.4. The Bertz CT molecular complexity index is 1470. The zero-order valence-corrected chi connectivity index (χ0v) is 19.2. The lowest BCUT2D eigenvalue weighted by Crippen LogP contribution is -2.16. The number of anilines is 1. The summed E-state index contributed by atoms with van der Waals surface area (Å²) in [6.45, 7) is 1.92. The summed E-state index contributed by atoms with van der Waals surface area (Å²) < 4.78 is 35.3. The standard InChI is InChI=1S/C25H22N4O4S/c1-2-33-24(30)17-29-22-10-6-9-21(28-34(31,32)20-7-4-3-5-8-20)25(22)27-23(29)15-18-11-13-19(16-26)14-12-18/h3-14,28H,2,15,17H2,1H3. The van der Waals surface area contributed by atoms with E-state index in [0.717, 1.165) is 5.56 Å². The van der Waals surface area contributed by atoms with Gasteiger partial charge in [0.1, 0.15) is 17.9 Å². The van der Waals surface area contributed by atoms with E-state index in [1.54, 1.807) is 60.0 Å². The van der Waals surface area contributed by atoms with Crippen LogP contribution in [-0.4, -0.2) is 30.5 Å². The Morgan fingerprint density at radius 3 is 2.47 bits per heavy atom. The van der Waals surface area contributed by atoms with E-state index in [4.69, 9.17) is 15.0 Å². The van der Waals surface area contributed by atoms with Crippen LogP contribution >= 0.6 is 0 Å². The van der Waals surface area contributed by atoms with Gasteiger partial charge in [-0.15, -0.1) is 0 Å². The van der Waals surface area contributed by atoms with Crippen LogP contribution in [0.2, 0.25) is 0 Å². The molecule has 0 bridgehead atoms. The van der Waals surface area contributed by atoms with Gasteiger partial charge in [0.25, 0.3) is 10.0 Å². The number of nitrogens with zero attached hydrogens (tertiary/aromatic N) is 3. The lowest BCUT2D eigenvalue weighted by molar-refractivity contribution is -0.143. The third-order valence-electron chi connectivity index (χ3n) is 5.19. The predicted octanol–water partition coefficient (Wildman–Crippen LogP) is 3.86. The molecule has 0 aliphatic heterocycles. The molecule has 0 aliphatic carbocycles. The molecule has 1 N–H and O–H groups in total. The van der Waals surface area contributed by atoms with Gasteiger partial charge in [-0.2, -0.15) is 5.26 Å². The SMILES string of the molecule is CCOC(=O)Cn1c(Cc2ccc(C#N)cc2)nc2c(NS(=O)(=O)c3ccccc3)cccc21. The molecular weight excluding hydrogens is 452 g/mol. The molecule has 0 amide bonds. The normalized spacial score (nSPS) is 11.2. The second-order valence-electron chi connectivity index (χ2n) is 7.50. The van der Waals surface area contributed by atoms with Crippen molar-refractivity contribution in [2.45, 2.75) is 24.8 Å². The topological polar surface area (TPSA) is 114 Å². The fraction of sp³-hybridized carbons (Fsp3) is 0.160. The number of imidazole rings is 1. The number of aromatic nitrogens is 2. The average Bonchev–Trinajstić information content (AvgIpc) is 3.18. The molecule has 8 nitrogen and oxygen atoms in total. The summed E-state index contributed by atoms with van der Waals surface area (Å²) in [6, 6.07) is 22.4. The van der Waals surface area contributed by atoms with Crippen molar-refractivity contribution < 1.29 is 17.9 Å². The minimum absolute atomic E-state index is 0.0646. The maximum absolute atomic E-state index is 12.9. The molecule has 0 unspecified atom stereocenters. The Balaban J connectivity index is 1.77. The monoisotopic (exact) mass is 474 g/mol. The van der Waals surface area contributed by atoms with E-state index in [1.165, 1.54) is 12.1 Å². The number of carbonyl (C=O) groups excluding carboxylic acids is 1. The highest BCUT2D eigenvalue weighted by Crippen LogP contribution is 2.27. The number of ether oxygens (including phenoxy) is 1. The number of benzene rings is 3. The Labute approximate surface area is 197 Å². The maximum Gasteiger partial charge on any atom is 0.326 e. The van der Waals surface area contributed by atoms with Crippen molar-refractivity contribution in [2.75, 3.05) is 11.3 Å². The van der Waals surface area contributed by atoms with Gasteiger partial charge in [0.15, 0.2) is 0 Å². The number of fused-ring (bicyclic) bond motifs is 1. The molecule has 0 spiro atoms. The van der Waals surface area contributed by atoms with Crippen LogP contribution in [0.15, 0.2) is 77.7 Å². The molecule has 1 aromatic heterocycles. The molecule has 3 aromatic carbocycles. The molecular formula is C25H22N4O4S. The number of carbonyl (C=O) groups is 1. The fourth-order valence-corrected chi connectivity index (χ4v) is 4.70. The van der Waals surface area contributed by atoms with E-state index in [0.29, 0.717) is 34.5 Å². The van der Waals surface area contributed by atoms with Gasteiger partial charge < -0.3 is 9.30 Å². The van der Waals surface area contributed by atoms with Crippen LogP contribution in [0.25, 0.3) is 11.0 Å². The van der Waals surface area contributed by atoms with Gasteiger partial charge in [0, 0.05) is 6.42 Å². The zero-order chi connectivity index (χ0) is 24.1. The first kappa shape index (κ1) is 23.0. The van der Waals surface area contributed by atoms with Gasteiger partial charge in [-0.25, -0.2) is 13.4 Å². The minimum atomic E-state index is -3.83. The van der Waals surface area contributed by atoms with Crippen LogP contribution in [0.5, 0.6) is 0 Å². The number of hydrogen-bond donors (Lipinski definition) is 1. The third kappa shape index (κ3) is 4.92. The van der Waals surface area contributed by atoms with Crippen LogP contribution in [-0.2, 0) is 32.5 Å².